The summed E-state index contributed by atoms with van der Waals surface area (Å²) in [4.78, 5) is 25.1. The summed E-state index contributed by atoms with van der Waals surface area (Å²) in [5.41, 5.74) is 3.75. The number of ether oxygens (including phenoxy) is 1. The highest BCUT2D eigenvalue weighted by molar-refractivity contribution is 6.05. The smallest absolute Gasteiger partial charge is 0.344 e. The summed E-state index contributed by atoms with van der Waals surface area (Å²) < 4.78 is 5.53. The van der Waals surface area contributed by atoms with Crippen LogP contribution in [0, 0.1) is 0 Å². The van der Waals surface area contributed by atoms with Crippen LogP contribution in [0.25, 0.3) is 21.5 Å². The first kappa shape index (κ1) is 21.9. The van der Waals surface area contributed by atoms with E-state index in [1.54, 1.807) is 42.5 Å². The van der Waals surface area contributed by atoms with Crippen molar-refractivity contribution in [2.24, 2.45) is 5.10 Å². The van der Waals surface area contributed by atoms with Crippen molar-refractivity contribution in [3.8, 4) is 11.5 Å². The zero-order valence-electron chi connectivity index (χ0n) is 18.5. The van der Waals surface area contributed by atoms with Crippen molar-refractivity contribution in [2.45, 2.75) is 0 Å². The molecule has 0 aromatic heterocycles. The molecule has 0 atom stereocenters. The van der Waals surface area contributed by atoms with Gasteiger partial charge in [-0.2, -0.15) is 5.10 Å². The number of amides is 1. The number of benzene rings is 5. The average Bonchev–Trinajstić information content (AvgIpc) is 2.88. The molecule has 0 aliphatic heterocycles. The lowest BCUT2D eigenvalue weighted by Crippen LogP contribution is -2.17. The lowest BCUT2D eigenvalue weighted by atomic mass is 10.0. The van der Waals surface area contributed by atoms with Crippen molar-refractivity contribution < 1.29 is 19.4 Å². The molecule has 0 aliphatic rings. The van der Waals surface area contributed by atoms with E-state index in [0.717, 1.165) is 21.5 Å². The molecule has 0 radical (unpaired) electrons. The lowest BCUT2D eigenvalue weighted by molar-refractivity contribution is 0.0736. The SMILES string of the molecule is O=C(N/N=C\c1ccc(OC(=O)c2cccc3ccccc23)cc1)c1cc2ccccc2cc1O. The molecule has 0 spiro atoms. The number of esters is 1. The van der Waals surface area contributed by atoms with Crippen molar-refractivity contribution >= 4 is 39.6 Å². The highest BCUT2D eigenvalue weighted by atomic mass is 16.5. The van der Waals surface area contributed by atoms with Gasteiger partial charge in [0.05, 0.1) is 17.3 Å². The van der Waals surface area contributed by atoms with E-state index in [2.05, 4.69) is 10.5 Å². The normalized spacial score (nSPS) is 11.1. The van der Waals surface area contributed by atoms with Crippen LogP contribution < -0.4 is 10.2 Å². The standard InChI is InChI=1S/C29H20N2O4/c32-27-17-22-8-2-1-7-21(22)16-26(27)28(33)31-30-18-19-12-14-23(15-13-19)35-29(34)25-11-5-9-20-6-3-4-10-24(20)25/h1-18,32H,(H,31,33)/b30-18-. The summed E-state index contributed by atoms with van der Waals surface area (Å²) in [5, 5.41) is 17.6. The Bertz CT molecular complexity index is 1590. The van der Waals surface area contributed by atoms with Gasteiger partial charge < -0.3 is 9.84 Å². The summed E-state index contributed by atoms with van der Waals surface area (Å²) in [7, 11) is 0. The number of hydrogen-bond donors (Lipinski definition) is 2. The monoisotopic (exact) mass is 460 g/mol. The Morgan fingerprint density at radius 3 is 2.17 bits per heavy atom. The second-order valence-electron chi connectivity index (χ2n) is 7.90. The molecule has 5 rings (SSSR count). The van der Waals surface area contributed by atoms with Gasteiger partial charge in [0.2, 0.25) is 0 Å². The molecule has 0 saturated heterocycles. The van der Waals surface area contributed by atoms with E-state index >= 15 is 0 Å². The van der Waals surface area contributed by atoms with E-state index in [9.17, 15) is 14.7 Å². The molecule has 35 heavy (non-hydrogen) atoms. The minimum absolute atomic E-state index is 0.117. The van der Waals surface area contributed by atoms with Gasteiger partial charge >= 0.3 is 5.97 Å². The molecular formula is C29H20N2O4. The lowest BCUT2D eigenvalue weighted by Gasteiger charge is -2.07. The maximum atomic E-state index is 12.7. The molecule has 0 saturated carbocycles. The third kappa shape index (κ3) is 4.72. The van der Waals surface area contributed by atoms with Gasteiger partial charge in [-0.05, 0) is 69.6 Å². The van der Waals surface area contributed by atoms with Crippen LogP contribution in [0.2, 0.25) is 0 Å². The van der Waals surface area contributed by atoms with Crippen LogP contribution in [0.15, 0.2) is 108 Å². The number of phenols is 1. The highest BCUT2D eigenvalue weighted by Crippen LogP contribution is 2.25. The molecule has 5 aromatic carbocycles. The van der Waals surface area contributed by atoms with Crippen LogP contribution >= 0.6 is 0 Å². The van der Waals surface area contributed by atoms with Gasteiger partial charge in [-0.15, -0.1) is 0 Å². The number of nitrogens with one attached hydrogen (secondary N) is 1. The Morgan fingerprint density at radius 1 is 0.743 bits per heavy atom. The summed E-state index contributed by atoms with van der Waals surface area (Å²) in [5.74, 6) is -0.685. The minimum Gasteiger partial charge on any atom is -0.507 e. The van der Waals surface area contributed by atoms with E-state index in [1.807, 2.05) is 60.7 Å². The third-order valence-corrected chi connectivity index (χ3v) is 5.59. The Labute approximate surface area is 201 Å². The van der Waals surface area contributed by atoms with Crippen molar-refractivity contribution in [1.82, 2.24) is 5.43 Å². The molecule has 0 unspecified atom stereocenters. The second-order valence-corrected chi connectivity index (χ2v) is 7.90. The van der Waals surface area contributed by atoms with Crippen LogP contribution in [0.5, 0.6) is 11.5 Å². The average molecular weight is 460 g/mol. The molecule has 170 valence electrons. The van der Waals surface area contributed by atoms with Crippen molar-refractivity contribution in [1.29, 1.82) is 0 Å². The first-order valence-electron chi connectivity index (χ1n) is 10.9. The first-order chi connectivity index (χ1) is 17.1. The highest BCUT2D eigenvalue weighted by Gasteiger charge is 2.13. The van der Waals surface area contributed by atoms with Crippen LogP contribution in [0.1, 0.15) is 26.3 Å². The quantitative estimate of drug-likeness (QED) is 0.153. The van der Waals surface area contributed by atoms with Gasteiger partial charge in [0.1, 0.15) is 11.5 Å². The first-order valence-corrected chi connectivity index (χ1v) is 10.9. The van der Waals surface area contributed by atoms with Crippen LogP contribution in [-0.4, -0.2) is 23.2 Å². The number of carbonyl (C=O) groups excluding carboxylic acids is 2. The van der Waals surface area contributed by atoms with Crippen LogP contribution in [0.4, 0.5) is 0 Å². The summed E-state index contributed by atoms with van der Waals surface area (Å²) >= 11 is 0. The maximum Gasteiger partial charge on any atom is 0.344 e. The van der Waals surface area contributed by atoms with Gasteiger partial charge in [0, 0.05) is 0 Å². The fraction of sp³-hybridized carbons (Fsp3) is 0. The fourth-order valence-corrected chi connectivity index (χ4v) is 3.82. The molecular weight excluding hydrogens is 440 g/mol. The Morgan fingerprint density at radius 2 is 1.40 bits per heavy atom. The van der Waals surface area contributed by atoms with Gasteiger partial charge in [0.25, 0.3) is 5.91 Å². The van der Waals surface area contributed by atoms with Gasteiger partial charge in [-0.25, -0.2) is 10.2 Å². The van der Waals surface area contributed by atoms with E-state index in [-0.39, 0.29) is 11.3 Å². The maximum absolute atomic E-state index is 12.7. The van der Waals surface area contributed by atoms with Crippen LogP contribution in [0.3, 0.4) is 0 Å². The number of rotatable bonds is 5. The number of hydrazone groups is 1. The number of aromatic hydroxyl groups is 1. The topological polar surface area (TPSA) is 88.0 Å². The van der Waals surface area contributed by atoms with Crippen molar-refractivity contribution in [3.63, 3.8) is 0 Å². The van der Waals surface area contributed by atoms with Gasteiger partial charge in [-0.1, -0.05) is 60.7 Å². The summed E-state index contributed by atoms with van der Waals surface area (Å²) in [6, 6.07) is 30.5. The van der Waals surface area contributed by atoms with Crippen molar-refractivity contribution in [3.05, 3.63) is 120 Å². The largest absolute Gasteiger partial charge is 0.507 e. The number of nitrogens with zero attached hydrogens (tertiary/aromatic N) is 1. The summed E-state index contributed by atoms with van der Waals surface area (Å²) in [6.45, 7) is 0. The molecule has 0 bridgehead atoms. The number of phenolic OH excluding ortho intramolecular Hbond substituents is 1. The number of hydrogen-bond acceptors (Lipinski definition) is 5. The van der Waals surface area contributed by atoms with Crippen molar-refractivity contribution in [2.75, 3.05) is 0 Å². The van der Waals surface area contributed by atoms with Gasteiger partial charge in [0.15, 0.2) is 0 Å². The number of fused-ring (bicyclic) bond motifs is 2. The molecule has 0 aliphatic carbocycles. The molecule has 6 nitrogen and oxygen atoms in total. The molecule has 5 aromatic rings. The minimum atomic E-state index is -0.523. The zero-order valence-corrected chi connectivity index (χ0v) is 18.5. The zero-order chi connectivity index (χ0) is 24.2. The molecule has 0 heterocycles. The van der Waals surface area contributed by atoms with E-state index in [0.29, 0.717) is 16.9 Å². The molecule has 6 heteroatoms. The predicted octanol–water partition coefficient (Wildman–Crippen LogP) is 5.68. The fourth-order valence-electron chi connectivity index (χ4n) is 3.82. The van der Waals surface area contributed by atoms with E-state index < -0.39 is 11.9 Å². The Kier molecular flexibility index (Phi) is 5.92. The van der Waals surface area contributed by atoms with E-state index in [4.69, 9.17) is 4.74 Å². The Hall–Kier alpha value is -4.97. The molecule has 1 amide bonds. The number of carbonyl (C=O) groups is 2. The van der Waals surface area contributed by atoms with Crippen LogP contribution in [-0.2, 0) is 0 Å². The van der Waals surface area contributed by atoms with E-state index in [1.165, 1.54) is 6.21 Å². The molecule has 2 N–H and O–H groups in total. The summed E-state index contributed by atoms with van der Waals surface area (Å²) in [6.07, 6.45) is 1.46. The molecule has 0 fully saturated rings. The van der Waals surface area contributed by atoms with Gasteiger partial charge in [-0.3, -0.25) is 4.79 Å². The second kappa shape index (κ2) is 9.49. The Balaban J connectivity index is 1.24. The third-order valence-electron chi connectivity index (χ3n) is 5.59. The predicted molar refractivity (Wildman–Crippen MR) is 136 cm³/mol.